The van der Waals surface area contributed by atoms with E-state index in [0.717, 1.165) is 16.7 Å². The van der Waals surface area contributed by atoms with Crippen LogP contribution in [-0.4, -0.2) is 14.7 Å². The quantitative estimate of drug-likeness (QED) is 0.932. The lowest BCUT2D eigenvalue weighted by molar-refractivity contribution is 0.578. The van der Waals surface area contributed by atoms with Gasteiger partial charge in [0.1, 0.15) is 0 Å². The fraction of sp³-hybridized carbons (Fsp3) is 0.200. The second kappa shape index (κ2) is 5.55. The summed E-state index contributed by atoms with van der Waals surface area (Å²) in [6.07, 6.45) is 1.18. The monoisotopic (exact) mass is 275 g/mol. The van der Waals surface area contributed by atoms with Gasteiger partial charge in [-0.05, 0) is 18.1 Å². The molecule has 19 heavy (non-hydrogen) atoms. The maximum Gasteiger partial charge on any atom is 0.209 e. The normalized spacial score (nSPS) is 13.2. The summed E-state index contributed by atoms with van der Waals surface area (Å²) in [5.41, 5.74) is 2.98. The van der Waals surface area contributed by atoms with Crippen molar-refractivity contribution in [2.24, 2.45) is 0 Å². The molecule has 1 atom stereocenters. The summed E-state index contributed by atoms with van der Waals surface area (Å²) in [7, 11) is -3.28. The van der Waals surface area contributed by atoms with Gasteiger partial charge in [-0.15, -0.1) is 0 Å². The van der Waals surface area contributed by atoms with Gasteiger partial charge in [-0.3, -0.25) is 0 Å². The van der Waals surface area contributed by atoms with Crippen LogP contribution in [0.4, 0.5) is 0 Å². The van der Waals surface area contributed by atoms with Gasteiger partial charge in [0.2, 0.25) is 10.0 Å². The van der Waals surface area contributed by atoms with Gasteiger partial charge in [0.15, 0.2) is 0 Å². The van der Waals surface area contributed by atoms with Crippen molar-refractivity contribution >= 4 is 10.0 Å². The Morgan fingerprint density at radius 2 is 1.58 bits per heavy atom. The van der Waals surface area contributed by atoms with Gasteiger partial charge in [-0.25, -0.2) is 13.1 Å². The van der Waals surface area contributed by atoms with Crippen LogP contribution in [0.5, 0.6) is 0 Å². The minimum Gasteiger partial charge on any atom is -0.213 e. The molecule has 0 aliphatic rings. The minimum atomic E-state index is -3.28. The van der Waals surface area contributed by atoms with E-state index in [0.29, 0.717) is 0 Å². The molecule has 2 aromatic rings. The van der Waals surface area contributed by atoms with Gasteiger partial charge in [-0.1, -0.05) is 60.2 Å². The Balaban J connectivity index is 2.46. The molecule has 0 aliphatic heterocycles. The average Bonchev–Trinajstić information content (AvgIpc) is 2.36. The molecule has 2 rings (SSSR count). The van der Waals surface area contributed by atoms with Gasteiger partial charge in [0.25, 0.3) is 0 Å². The second-order valence-electron chi connectivity index (χ2n) is 4.65. The van der Waals surface area contributed by atoms with E-state index in [1.165, 1.54) is 6.26 Å². The molecule has 0 heterocycles. The van der Waals surface area contributed by atoms with E-state index >= 15 is 0 Å². The summed E-state index contributed by atoms with van der Waals surface area (Å²) in [4.78, 5) is 0. The second-order valence-corrected chi connectivity index (χ2v) is 6.43. The summed E-state index contributed by atoms with van der Waals surface area (Å²) in [6, 6.07) is 17.1. The highest BCUT2D eigenvalue weighted by Gasteiger charge is 2.17. The lowest BCUT2D eigenvalue weighted by atomic mass is 9.98. The number of rotatable bonds is 4. The van der Waals surface area contributed by atoms with E-state index in [1.54, 1.807) is 0 Å². The van der Waals surface area contributed by atoms with Crippen LogP contribution in [0.1, 0.15) is 22.7 Å². The molecular formula is C15H17NO2S. The summed E-state index contributed by atoms with van der Waals surface area (Å²) >= 11 is 0. The Kier molecular flexibility index (Phi) is 4.02. The van der Waals surface area contributed by atoms with Crippen LogP contribution in [0, 0.1) is 6.92 Å². The standard InChI is InChI=1S/C15H17NO2S/c1-12-7-6-10-14(11-12)15(16-19(2,17)18)13-8-4-3-5-9-13/h3-11,15-16H,1-2H3/t15-/m0/s1. The molecule has 0 fully saturated rings. The van der Waals surface area contributed by atoms with E-state index in [2.05, 4.69) is 4.72 Å². The van der Waals surface area contributed by atoms with Gasteiger partial charge >= 0.3 is 0 Å². The van der Waals surface area contributed by atoms with E-state index in [4.69, 9.17) is 0 Å². The zero-order valence-corrected chi connectivity index (χ0v) is 11.8. The van der Waals surface area contributed by atoms with E-state index in [-0.39, 0.29) is 6.04 Å². The van der Waals surface area contributed by atoms with Crippen molar-refractivity contribution in [3.05, 3.63) is 71.3 Å². The number of sulfonamides is 1. The maximum atomic E-state index is 11.6. The van der Waals surface area contributed by atoms with Crippen LogP contribution in [0.3, 0.4) is 0 Å². The van der Waals surface area contributed by atoms with Crippen LogP contribution >= 0.6 is 0 Å². The van der Waals surface area contributed by atoms with Crippen molar-refractivity contribution in [1.82, 2.24) is 4.72 Å². The molecular weight excluding hydrogens is 258 g/mol. The lowest BCUT2D eigenvalue weighted by Gasteiger charge is -2.19. The molecule has 2 aromatic carbocycles. The zero-order valence-electron chi connectivity index (χ0n) is 11.0. The fourth-order valence-electron chi connectivity index (χ4n) is 2.04. The molecule has 0 aromatic heterocycles. The van der Waals surface area contributed by atoms with E-state index < -0.39 is 10.0 Å². The minimum absolute atomic E-state index is 0.351. The van der Waals surface area contributed by atoms with Crippen LogP contribution < -0.4 is 4.72 Å². The van der Waals surface area contributed by atoms with E-state index in [9.17, 15) is 8.42 Å². The predicted octanol–water partition coefficient (Wildman–Crippen LogP) is 2.63. The lowest BCUT2D eigenvalue weighted by Crippen LogP contribution is -2.28. The summed E-state index contributed by atoms with van der Waals surface area (Å²) in [5.74, 6) is 0. The highest BCUT2D eigenvalue weighted by molar-refractivity contribution is 7.88. The van der Waals surface area contributed by atoms with Crippen LogP contribution in [0.25, 0.3) is 0 Å². The zero-order chi connectivity index (χ0) is 13.9. The molecule has 0 amide bonds. The maximum absolute atomic E-state index is 11.6. The molecule has 1 N–H and O–H groups in total. The number of hydrogen-bond donors (Lipinski definition) is 1. The summed E-state index contributed by atoms with van der Waals surface area (Å²) < 4.78 is 25.8. The number of aryl methyl sites for hydroxylation is 1. The van der Waals surface area contributed by atoms with Crippen molar-refractivity contribution in [3.63, 3.8) is 0 Å². The first-order valence-corrected chi connectivity index (χ1v) is 7.94. The highest BCUT2D eigenvalue weighted by atomic mass is 32.2. The SMILES string of the molecule is Cc1cccc([C@@H](NS(C)(=O)=O)c2ccccc2)c1. The number of benzene rings is 2. The molecule has 0 spiro atoms. The van der Waals surface area contributed by atoms with Crippen LogP contribution in [0.15, 0.2) is 54.6 Å². The van der Waals surface area contributed by atoms with Gasteiger partial charge in [0.05, 0.1) is 12.3 Å². The van der Waals surface area contributed by atoms with Crippen molar-refractivity contribution in [2.75, 3.05) is 6.26 Å². The van der Waals surface area contributed by atoms with Crippen molar-refractivity contribution in [1.29, 1.82) is 0 Å². The Bertz CT molecular complexity index is 651. The molecule has 0 unspecified atom stereocenters. The Morgan fingerprint density at radius 1 is 0.947 bits per heavy atom. The van der Waals surface area contributed by atoms with E-state index in [1.807, 2.05) is 61.5 Å². The molecule has 100 valence electrons. The Hall–Kier alpha value is -1.65. The number of hydrogen-bond acceptors (Lipinski definition) is 2. The molecule has 0 radical (unpaired) electrons. The predicted molar refractivity (Wildman–Crippen MR) is 77.4 cm³/mol. The highest BCUT2D eigenvalue weighted by Crippen LogP contribution is 2.23. The van der Waals surface area contributed by atoms with Gasteiger partial charge in [-0.2, -0.15) is 0 Å². The molecule has 0 aliphatic carbocycles. The molecule has 0 bridgehead atoms. The van der Waals surface area contributed by atoms with Gasteiger partial charge < -0.3 is 0 Å². The summed E-state index contributed by atoms with van der Waals surface area (Å²) in [5, 5.41) is 0. The first-order chi connectivity index (χ1) is 8.96. The fourth-order valence-corrected chi connectivity index (χ4v) is 2.74. The van der Waals surface area contributed by atoms with Crippen molar-refractivity contribution in [2.45, 2.75) is 13.0 Å². The van der Waals surface area contributed by atoms with Gasteiger partial charge in [0, 0.05) is 0 Å². The largest absolute Gasteiger partial charge is 0.213 e. The molecule has 4 heteroatoms. The Morgan fingerprint density at radius 3 is 2.16 bits per heavy atom. The first kappa shape index (κ1) is 13.8. The average molecular weight is 275 g/mol. The number of nitrogens with one attached hydrogen (secondary N) is 1. The Labute approximate surface area is 114 Å². The molecule has 3 nitrogen and oxygen atoms in total. The summed E-state index contributed by atoms with van der Waals surface area (Å²) in [6.45, 7) is 1.99. The third-order valence-corrected chi connectivity index (χ3v) is 3.50. The third-order valence-electron chi connectivity index (χ3n) is 2.84. The molecule has 0 saturated carbocycles. The molecule has 0 saturated heterocycles. The van der Waals surface area contributed by atoms with Crippen molar-refractivity contribution in [3.8, 4) is 0 Å². The first-order valence-electron chi connectivity index (χ1n) is 6.04. The van der Waals surface area contributed by atoms with Crippen LogP contribution in [0.2, 0.25) is 0 Å². The third kappa shape index (κ3) is 3.91. The topological polar surface area (TPSA) is 46.2 Å². The smallest absolute Gasteiger partial charge is 0.209 e. The van der Waals surface area contributed by atoms with Crippen molar-refractivity contribution < 1.29 is 8.42 Å². The van der Waals surface area contributed by atoms with Crippen LogP contribution in [-0.2, 0) is 10.0 Å².